The fourth-order valence-corrected chi connectivity index (χ4v) is 2.26. The summed E-state index contributed by atoms with van der Waals surface area (Å²) >= 11 is 0. The molecule has 4 heteroatoms. The zero-order chi connectivity index (χ0) is 13.8. The van der Waals surface area contributed by atoms with Gasteiger partial charge in [-0.05, 0) is 49.9 Å². The van der Waals surface area contributed by atoms with Crippen molar-refractivity contribution in [3.8, 4) is 5.75 Å². The first-order valence-electron chi connectivity index (χ1n) is 6.87. The van der Waals surface area contributed by atoms with Crippen LogP contribution in [0.2, 0.25) is 0 Å². The van der Waals surface area contributed by atoms with E-state index in [-0.39, 0.29) is 18.8 Å². The van der Waals surface area contributed by atoms with Gasteiger partial charge < -0.3 is 20.3 Å². The predicted molar refractivity (Wildman–Crippen MR) is 74.3 cm³/mol. The number of rotatable bonds is 6. The lowest BCUT2D eigenvalue weighted by Gasteiger charge is -2.15. The smallest absolute Gasteiger partial charge is 0.119 e. The number of aryl methyl sites for hydroxylation is 1. The molecular formula is C15H23NO3. The first kappa shape index (κ1) is 14.3. The number of ether oxygens (including phenoxy) is 2. The van der Waals surface area contributed by atoms with Crippen LogP contribution in [0, 0.1) is 0 Å². The molecule has 4 nitrogen and oxygen atoms in total. The van der Waals surface area contributed by atoms with Crippen LogP contribution < -0.4 is 10.5 Å². The fraction of sp³-hybridized carbons (Fsp3) is 0.600. The molecule has 0 saturated carbocycles. The van der Waals surface area contributed by atoms with Crippen molar-refractivity contribution in [1.82, 2.24) is 0 Å². The summed E-state index contributed by atoms with van der Waals surface area (Å²) in [4.78, 5) is 0. The molecule has 1 unspecified atom stereocenters. The summed E-state index contributed by atoms with van der Waals surface area (Å²) in [6.07, 6.45) is 1.53. The van der Waals surface area contributed by atoms with Crippen molar-refractivity contribution in [2.24, 2.45) is 5.73 Å². The number of hydrogen-bond donors (Lipinski definition) is 2. The molecular weight excluding hydrogens is 242 g/mol. The van der Waals surface area contributed by atoms with Crippen LogP contribution >= 0.6 is 0 Å². The van der Waals surface area contributed by atoms with Crippen molar-refractivity contribution in [1.29, 1.82) is 0 Å². The van der Waals surface area contributed by atoms with E-state index in [1.54, 1.807) is 0 Å². The third-order valence-corrected chi connectivity index (χ3v) is 3.30. The van der Waals surface area contributed by atoms with Gasteiger partial charge in [-0.25, -0.2) is 0 Å². The van der Waals surface area contributed by atoms with Gasteiger partial charge in [0.15, 0.2) is 0 Å². The zero-order valence-corrected chi connectivity index (χ0v) is 11.6. The van der Waals surface area contributed by atoms with Gasteiger partial charge in [-0.15, -0.1) is 0 Å². The maximum absolute atomic E-state index is 9.72. The third-order valence-electron chi connectivity index (χ3n) is 3.30. The topological polar surface area (TPSA) is 64.7 Å². The molecule has 0 aliphatic heterocycles. The molecule has 0 saturated heterocycles. The highest BCUT2D eigenvalue weighted by Crippen LogP contribution is 2.31. The summed E-state index contributed by atoms with van der Waals surface area (Å²) in [5.74, 6) is 0.788. The highest BCUT2D eigenvalue weighted by molar-refractivity contribution is 5.40. The summed E-state index contributed by atoms with van der Waals surface area (Å²) in [5, 5.41) is 9.72. The van der Waals surface area contributed by atoms with Crippen LogP contribution in [0.15, 0.2) is 18.2 Å². The standard InChI is InChI=1S/C15H23NO3/c1-10(2)18-8-12(17)9-19-13-4-5-14-11(7-13)3-6-15(14)16/h4-5,7,10,12,15,17H,3,6,8-9,16H2,1-2H3/t12?,15-/m0/s1. The Bertz CT molecular complexity index is 420. The molecule has 1 aliphatic rings. The van der Waals surface area contributed by atoms with Gasteiger partial charge in [0.25, 0.3) is 0 Å². The van der Waals surface area contributed by atoms with E-state index in [1.807, 2.05) is 32.0 Å². The number of benzene rings is 1. The summed E-state index contributed by atoms with van der Waals surface area (Å²) in [6, 6.07) is 6.13. The Hall–Kier alpha value is -1.10. The largest absolute Gasteiger partial charge is 0.491 e. The molecule has 0 bridgehead atoms. The molecule has 0 spiro atoms. The number of aliphatic hydroxyl groups excluding tert-OH is 1. The number of nitrogens with two attached hydrogens (primary N) is 1. The second kappa shape index (κ2) is 6.37. The molecule has 1 aromatic rings. The van der Waals surface area contributed by atoms with E-state index in [1.165, 1.54) is 11.1 Å². The lowest BCUT2D eigenvalue weighted by Crippen LogP contribution is -2.25. The Kier molecular flexibility index (Phi) is 4.80. The van der Waals surface area contributed by atoms with E-state index in [0.29, 0.717) is 6.61 Å². The summed E-state index contributed by atoms with van der Waals surface area (Å²) < 4.78 is 10.9. The first-order chi connectivity index (χ1) is 9.06. The van der Waals surface area contributed by atoms with Gasteiger partial charge in [0.1, 0.15) is 18.5 Å². The van der Waals surface area contributed by atoms with E-state index in [2.05, 4.69) is 0 Å². The SMILES string of the molecule is CC(C)OCC(O)COc1ccc2c(c1)CC[C@@H]2N. The molecule has 1 aliphatic carbocycles. The highest BCUT2D eigenvalue weighted by Gasteiger charge is 2.19. The summed E-state index contributed by atoms with van der Waals surface area (Å²) in [5.41, 5.74) is 8.47. The van der Waals surface area contributed by atoms with Crippen LogP contribution in [-0.2, 0) is 11.2 Å². The van der Waals surface area contributed by atoms with Crippen molar-refractivity contribution in [2.75, 3.05) is 13.2 Å². The van der Waals surface area contributed by atoms with Crippen LogP contribution in [0.3, 0.4) is 0 Å². The van der Waals surface area contributed by atoms with Crippen molar-refractivity contribution in [3.63, 3.8) is 0 Å². The van der Waals surface area contributed by atoms with Gasteiger partial charge in [-0.3, -0.25) is 0 Å². The minimum absolute atomic E-state index is 0.121. The summed E-state index contributed by atoms with van der Waals surface area (Å²) in [7, 11) is 0. The Labute approximate surface area is 114 Å². The van der Waals surface area contributed by atoms with E-state index >= 15 is 0 Å². The molecule has 2 rings (SSSR count). The summed E-state index contributed by atoms with van der Waals surface area (Å²) in [6.45, 7) is 4.43. The number of aliphatic hydroxyl groups is 1. The Morgan fingerprint density at radius 1 is 1.37 bits per heavy atom. The molecule has 0 fully saturated rings. The first-order valence-corrected chi connectivity index (χ1v) is 6.87. The molecule has 0 heterocycles. The average Bonchev–Trinajstić information content (AvgIpc) is 2.75. The van der Waals surface area contributed by atoms with E-state index < -0.39 is 6.10 Å². The Balaban J connectivity index is 1.83. The van der Waals surface area contributed by atoms with Gasteiger partial charge in [0.2, 0.25) is 0 Å². The number of fused-ring (bicyclic) bond motifs is 1. The van der Waals surface area contributed by atoms with Gasteiger partial charge in [0, 0.05) is 6.04 Å². The van der Waals surface area contributed by atoms with Crippen molar-refractivity contribution >= 4 is 0 Å². The van der Waals surface area contributed by atoms with Crippen LogP contribution in [0.1, 0.15) is 37.4 Å². The fourth-order valence-electron chi connectivity index (χ4n) is 2.26. The van der Waals surface area contributed by atoms with Crippen LogP contribution in [0.25, 0.3) is 0 Å². The molecule has 0 radical (unpaired) electrons. The maximum Gasteiger partial charge on any atom is 0.119 e. The van der Waals surface area contributed by atoms with E-state index in [9.17, 15) is 5.11 Å². The maximum atomic E-state index is 9.72. The van der Waals surface area contributed by atoms with E-state index in [4.69, 9.17) is 15.2 Å². The van der Waals surface area contributed by atoms with Crippen LogP contribution in [-0.4, -0.2) is 30.5 Å². The minimum atomic E-state index is -0.599. The second-order valence-corrected chi connectivity index (χ2v) is 5.35. The third kappa shape index (κ3) is 3.93. The molecule has 1 aromatic carbocycles. The minimum Gasteiger partial charge on any atom is -0.491 e. The quantitative estimate of drug-likeness (QED) is 0.823. The molecule has 19 heavy (non-hydrogen) atoms. The molecule has 0 aromatic heterocycles. The Morgan fingerprint density at radius 2 is 2.16 bits per heavy atom. The molecule has 2 atom stereocenters. The van der Waals surface area contributed by atoms with E-state index in [0.717, 1.165) is 18.6 Å². The lowest BCUT2D eigenvalue weighted by molar-refractivity contribution is -0.0122. The number of hydrogen-bond acceptors (Lipinski definition) is 4. The van der Waals surface area contributed by atoms with Crippen molar-refractivity contribution < 1.29 is 14.6 Å². The molecule has 3 N–H and O–H groups in total. The van der Waals surface area contributed by atoms with Crippen LogP contribution in [0.5, 0.6) is 5.75 Å². The second-order valence-electron chi connectivity index (χ2n) is 5.35. The van der Waals surface area contributed by atoms with Crippen LogP contribution in [0.4, 0.5) is 0 Å². The van der Waals surface area contributed by atoms with Gasteiger partial charge in [-0.1, -0.05) is 6.07 Å². The normalized spacial score (nSPS) is 19.5. The molecule has 0 amide bonds. The van der Waals surface area contributed by atoms with Crippen molar-refractivity contribution in [3.05, 3.63) is 29.3 Å². The monoisotopic (exact) mass is 265 g/mol. The van der Waals surface area contributed by atoms with Gasteiger partial charge >= 0.3 is 0 Å². The van der Waals surface area contributed by atoms with Gasteiger partial charge in [0.05, 0.1) is 12.7 Å². The van der Waals surface area contributed by atoms with Crippen molar-refractivity contribution in [2.45, 2.75) is 44.9 Å². The highest BCUT2D eigenvalue weighted by atomic mass is 16.5. The predicted octanol–water partition coefficient (Wildman–Crippen LogP) is 1.80. The average molecular weight is 265 g/mol. The van der Waals surface area contributed by atoms with Gasteiger partial charge in [-0.2, -0.15) is 0 Å². The lowest BCUT2D eigenvalue weighted by atomic mass is 10.1. The zero-order valence-electron chi connectivity index (χ0n) is 11.6. The Morgan fingerprint density at radius 3 is 2.89 bits per heavy atom. The molecule has 106 valence electrons.